The van der Waals surface area contributed by atoms with Gasteiger partial charge in [0, 0.05) is 51.7 Å². The summed E-state index contributed by atoms with van der Waals surface area (Å²) < 4.78 is 31.9. The maximum atomic E-state index is 12.5. The van der Waals surface area contributed by atoms with Crippen molar-refractivity contribution in [1.29, 1.82) is 0 Å². The van der Waals surface area contributed by atoms with Crippen molar-refractivity contribution in [1.82, 2.24) is 19.8 Å². The molecule has 0 spiro atoms. The molecule has 0 aromatic heterocycles. The molecule has 1 aliphatic heterocycles. The molecular formula is C19H37N5O4S. The van der Waals surface area contributed by atoms with Crippen LogP contribution < -0.4 is 10.6 Å². The molecule has 0 atom stereocenters. The summed E-state index contributed by atoms with van der Waals surface area (Å²) in [6.07, 6.45) is 3.42. The molecular weight excluding hydrogens is 394 g/mol. The molecule has 1 aliphatic carbocycles. The molecule has 2 N–H and O–H groups in total. The van der Waals surface area contributed by atoms with Crippen LogP contribution in [0.25, 0.3) is 0 Å². The van der Waals surface area contributed by atoms with E-state index in [2.05, 4.69) is 20.5 Å². The highest BCUT2D eigenvalue weighted by Gasteiger charge is 2.28. The molecule has 0 unspecified atom stereocenters. The van der Waals surface area contributed by atoms with Crippen molar-refractivity contribution >= 4 is 21.9 Å². The number of nitrogens with zero attached hydrogens (tertiary/aromatic N) is 3. The van der Waals surface area contributed by atoms with E-state index in [-0.39, 0.29) is 24.4 Å². The number of carbonyl (C=O) groups excluding carboxylic acids is 1. The Balaban J connectivity index is 1.76. The molecule has 2 fully saturated rings. The quantitative estimate of drug-likeness (QED) is 0.279. The maximum absolute atomic E-state index is 12.5. The minimum atomic E-state index is -3.30. The molecule has 0 radical (unpaired) electrons. The van der Waals surface area contributed by atoms with Crippen LogP contribution in [0.15, 0.2) is 4.99 Å². The standard InChI is InChI=1S/C19H37N5O4S/c1-4-20-19(21-9-5-6-18(25)22-17-7-8-17)23-10-12-24(13-11-23)29(26,27)15-14-28-16(2)3/h16-17H,4-15H2,1-3H3,(H,20,21)(H,22,25). The molecule has 10 heteroatoms. The summed E-state index contributed by atoms with van der Waals surface area (Å²) in [5.41, 5.74) is 0. The third-order valence-electron chi connectivity index (χ3n) is 4.82. The van der Waals surface area contributed by atoms with Crippen molar-refractivity contribution in [3.05, 3.63) is 0 Å². The van der Waals surface area contributed by atoms with E-state index in [1.807, 2.05) is 20.8 Å². The fourth-order valence-corrected chi connectivity index (χ4v) is 4.36. The minimum Gasteiger partial charge on any atom is -0.378 e. The number of aliphatic imine (C=N–C) groups is 1. The molecule has 1 saturated heterocycles. The van der Waals surface area contributed by atoms with E-state index in [9.17, 15) is 13.2 Å². The number of nitrogens with one attached hydrogen (secondary N) is 2. The number of rotatable bonds is 11. The zero-order valence-electron chi connectivity index (χ0n) is 18.0. The lowest BCUT2D eigenvalue weighted by Gasteiger charge is -2.36. The van der Waals surface area contributed by atoms with Crippen LogP contribution in [0, 0.1) is 0 Å². The molecule has 0 aromatic rings. The summed E-state index contributed by atoms with van der Waals surface area (Å²) in [4.78, 5) is 18.5. The number of piperazine rings is 1. The van der Waals surface area contributed by atoms with E-state index >= 15 is 0 Å². The van der Waals surface area contributed by atoms with Crippen LogP contribution in [-0.4, -0.2) is 93.3 Å². The predicted octanol–water partition coefficient (Wildman–Crippen LogP) is 0.383. The van der Waals surface area contributed by atoms with E-state index in [1.54, 1.807) is 4.31 Å². The third kappa shape index (κ3) is 8.88. The third-order valence-corrected chi connectivity index (χ3v) is 6.66. The second-order valence-corrected chi connectivity index (χ2v) is 9.89. The van der Waals surface area contributed by atoms with Crippen LogP contribution in [0.1, 0.15) is 46.5 Å². The van der Waals surface area contributed by atoms with Crippen LogP contribution in [0.5, 0.6) is 0 Å². The molecule has 2 aliphatic rings. The second kappa shape index (κ2) is 11.7. The molecule has 9 nitrogen and oxygen atoms in total. The van der Waals surface area contributed by atoms with Crippen molar-refractivity contribution in [2.45, 2.75) is 58.6 Å². The Labute approximate surface area is 175 Å². The van der Waals surface area contributed by atoms with Gasteiger partial charge in [-0.3, -0.25) is 9.79 Å². The molecule has 1 amide bonds. The number of carbonyl (C=O) groups is 1. The average Bonchev–Trinajstić information content (AvgIpc) is 3.48. The van der Waals surface area contributed by atoms with E-state index in [0.717, 1.165) is 25.3 Å². The lowest BCUT2D eigenvalue weighted by molar-refractivity contribution is -0.121. The molecule has 1 saturated carbocycles. The highest BCUT2D eigenvalue weighted by atomic mass is 32.2. The van der Waals surface area contributed by atoms with Gasteiger partial charge in [0.15, 0.2) is 5.96 Å². The number of amides is 1. The van der Waals surface area contributed by atoms with Gasteiger partial charge in [-0.1, -0.05) is 0 Å². The van der Waals surface area contributed by atoms with Crippen LogP contribution >= 0.6 is 0 Å². The Bertz CT molecular complexity index is 641. The minimum absolute atomic E-state index is 0.0161. The molecule has 0 aromatic carbocycles. The molecule has 168 valence electrons. The highest BCUT2D eigenvalue weighted by molar-refractivity contribution is 7.89. The van der Waals surface area contributed by atoms with Gasteiger partial charge in [0.2, 0.25) is 15.9 Å². The first-order chi connectivity index (χ1) is 13.8. The number of ether oxygens (including phenoxy) is 1. The zero-order chi connectivity index (χ0) is 21.3. The number of guanidine groups is 1. The van der Waals surface area contributed by atoms with Gasteiger partial charge < -0.3 is 20.3 Å². The van der Waals surface area contributed by atoms with E-state index in [4.69, 9.17) is 4.74 Å². The van der Waals surface area contributed by atoms with Gasteiger partial charge in [-0.25, -0.2) is 8.42 Å². The van der Waals surface area contributed by atoms with Crippen molar-refractivity contribution in [3.63, 3.8) is 0 Å². The highest BCUT2D eigenvalue weighted by Crippen LogP contribution is 2.18. The summed E-state index contributed by atoms with van der Waals surface area (Å²) in [5.74, 6) is 0.908. The number of hydrogen-bond donors (Lipinski definition) is 2. The van der Waals surface area contributed by atoms with Crippen LogP contribution in [-0.2, 0) is 19.6 Å². The summed E-state index contributed by atoms with van der Waals surface area (Å²) in [6.45, 7) is 9.41. The van der Waals surface area contributed by atoms with Gasteiger partial charge in [-0.05, 0) is 40.0 Å². The van der Waals surface area contributed by atoms with Crippen LogP contribution in [0.3, 0.4) is 0 Å². The Morgan fingerprint density at radius 1 is 1.21 bits per heavy atom. The summed E-state index contributed by atoms with van der Waals surface area (Å²) in [5, 5.41) is 6.26. The molecule has 29 heavy (non-hydrogen) atoms. The maximum Gasteiger partial charge on any atom is 0.220 e. The van der Waals surface area contributed by atoms with Crippen molar-refractivity contribution in [2.24, 2.45) is 4.99 Å². The number of sulfonamides is 1. The van der Waals surface area contributed by atoms with Crippen LogP contribution in [0.4, 0.5) is 0 Å². The topological polar surface area (TPSA) is 103 Å². The van der Waals surface area contributed by atoms with Gasteiger partial charge in [0.25, 0.3) is 0 Å². The van der Waals surface area contributed by atoms with E-state index in [0.29, 0.717) is 51.6 Å². The first-order valence-corrected chi connectivity index (χ1v) is 12.3. The zero-order valence-corrected chi connectivity index (χ0v) is 18.8. The lowest BCUT2D eigenvalue weighted by Crippen LogP contribution is -2.54. The predicted molar refractivity (Wildman–Crippen MR) is 114 cm³/mol. The molecule has 1 heterocycles. The smallest absolute Gasteiger partial charge is 0.220 e. The summed E-state index contributed by atoms with van der Waals surface area (Å²) >= 11 is 0. The van der Waals surface area contributed by atoms with Gasteiger partial charge in [0.05, 0.1) is 18.5 Å². The van der Waals surface area contributed by atoms with E-state index < -0.39 is 10.0 Å². The van der Waals surface area contributed by atoms with Gasteiger partial charge >= 0.3 is 0 Å². The SMILES string of the molecule is CCNC(=NCCCC(=O)NC1CC1)N1CCN(S(=O)(=O)CCOC(C)C)CC1. The van der Waals surface area contributed by atoms with Gasteiger partial charge in [-0.15, -0.1) is 0 Å². The van der Waals surface area contributed by atoms with Crippen molar-refractivity contribution in [2.75, 3.05) is 51.6 Å². The Morgan fingerprint density at radius 3 is 2.48 bits per heavy atom. The molecule has 0 bridgehead atoms. The van der Waals surface area contributed by atoms with Crippen LogP contribution in [0.2, 0.25) is 0 Å². The van der Waals surface area contributed by atoms with E-state index in [1.165, 1.54) is 0 Å². The first-order valence-electron chi connectivity index (χ1n) is 10.7. The van der Waals surface area contributed by atoms with Gasteiger partial charge in [-0.2, -0.15) is 4.31 Å². The Hall–Kier alpha value is -1.39. The number of hydrogen-bond acceptors (Lipinski definition) is 5. The summed E-state index contributed by atoms with van der Waals surface area (Å²) in [7, 11) is -3.30. The molecule has 2 rings (SSSR count). The second-order valence-electron chi connectivity index (χ2n) is 7.80. The largest absolute Gasteiger partial charge is 0.378 e. The van der Waals surface area contributed by atoms with Gasteiger partial charge in [0.1, 0.15) is 0 Å². The normalized spacial score (nSPS) is 18.9. The Morgan fingerprint density at radius 2 is 1.90 bits per heavy atom. The lowest BCUT2D eigenvalue weighted by atomic mass is 10.3. The van der Waals surface area contributed by atoms with Crippen molar-refractivity contribution in [3.8, 4) is 0 Å². The van der Waals surface area contributed by atoms with Crippen molar-refractivity contribution < 1.29 is 17.9 Å². The fourth-order valence-electron chi connectivity index (χ4n) is 3.07. The fraction of sp³-hybridized carbons (Fsp3) is 0.895. The Kier molecular flexibility index (Phi) is 9.64. The monoisotopic (exact) mass is 431 g/mol. The first kappa shape index (κ1) is 23.9. The summed E-state index contributed by atoms with van der Waals surface area (Å²) in [6, 6.07) is 0.396. The average molecular weight is 432 g/mol.